The van der Waals surface area contributed by atoms with Crippen molar-refractivity contribution >= 4 is 11.8 Å². The number of likely N-dealkylation sites (N-methyl/N-ethyl adjacent to an activating group) is 1. The highest BCUT2D eigenvalue weighted by Gasteiger charge is 2.27. The van der Waals surface area contributed by atoms with Gasteiger partial charge in [-0.2, -0.15) is 11.8 Å². The Morgan fingerprint density at radius 1 is 1.35 bits per heavy atom. The van der Waals surface area contributed by atoms with E-state index >= 15 is 0 Å². The van der Waals surface area contributed by atoms with E-state index in [4.69, 9.17) is 15.2 Å². The van der Waals surface area contributed by atoms with Crippen molar-refractivity contribution in [3.8, 4) is 11.5 Å². The molecule has 0 radical (unpaired) electrons. The summed E-state index contributed by atoms with van der Waals surface area (Å²) >= 11 is 2.03. The van der Waals surface area contributed by atoms with Crippen molar-refractivity contribution in [2.75, 3.05) is 38.3 Å². The van der Waals surface area contributed by atoms with E-state index < -0.39 is 0 Å². The summed E-state index contributed by atoms with van der Waals surface area (Å²) in [5.74, 6) is 4.15. The Morgan fingerprint density at radius 2 is 2.15 bits per heavy atom. The number of nitrogens with zero attached hydrogens (tertiary/aromatic N) is 1. The summed E-state index contributed by atoms with van der Waals surface area (Å²) in [5.41, 5.74) is 7.25. The molecule has 2 atom stereocenters. The van der Waals surface area contributed by atoms with Crippen LogP contribution in [0.3, 0.4) is 0 Å². The average Bonchev–Trinajstić information content (AvgIpc) is 3.02. The average molecular weight is 294 g/mol. The minimum absolute atomic E-state index is 0.245. The molecule has 110 valence electrons. The lowest BCUT2D eigenvalue weighted by Gasteiger charge is -2.32. The molecule has 5 heteroatoms. The molecule has 1 fully saturated rings. The molecule has 3 rings (SSSR count). The van der Waals surface area contributed by atoms with E-state index in [1.165, 1.54) is 23.5 Å². The fourth-order valence-corrected chi connectivity index (χ4v) is 4.18. The number of fused-ring (bicyclic) bond motifs is 1. The van der Waals surface area contributed by atoms with Gasteiger partial charge in [-0.05, 0) is 36.9 Å². The number of nitrogens with two attached hydrogens (primary N) is 1. The maximum Gasteiger partial charge on any atom is 0.161 e. The van der Waals surface area contributed by atoms with E-state index in [9.17, 15) is 0 Å². The first-order valence-electron chi connectivity index (χ1n) is 7.19. The molecule has 2 aliphatic heterocycles. The molecule has 4 nitrogen and oxygen atoms in total. The van der Waals surface area contributed by atoms with Gasteiger partial charge in [0, 0.05) is 24.4 Å². The molecule has 0 spiro atoms. The Kier molecular flexibility index (Phi) is 4.38. The van der Waals surface area contributed by atoms with Crippen molar-refractivity contribution in [2.45, 2.75) is 18.5 Å². The predicted molar refractivity (Wildman–Crippen MR) is 82.7 cm³/mol. The minimum atomic E-state index is 0.245. The Balaban J connectivity index is 1.81. The molecule has 2 heterocycles. The summed E-state index contributed by atoms with van der Waals surface area (Å²) in [6.07, 6.45) is 1.25. The fraction of sp³-hybridized carbons (Fsp3) is 0.600. The monoisotopic (exact) mass is 294 g/mol. The second-order valence-electron chi connectivity index (χ2n) is 5.34. The van der Waals surface area contributed by atoms with Gasteiger partial charge in [-0.3, -0.25) is 4.90 Å². The highest BCUT2D eigenvalue weighted by molar-refractivity contribution is 7.99. The van der Waals surface area contributed by atoms with E-state index in [0.29, 0.717) is 25.8 Å². The van der Waals surface area contributed by atoms with Crippen LogP contribution in [-0.2, 0) is 0 Å². The molecule has 2 unspecified atom stereocenters. The number of benzene rings is 1. The van der Waals surface area contributed by atoms with Crippen molar-refractivity contribution in [3.63, 3.8) is 0 Å². The zero-order valence-corrected chi connectivity index (χ0v) is 12.7. The Bertz CT molecular complexity index is 463. The van der Waals surface area contributed by atoms with Crippen LogP contribution in [0.25, 0.3) is 0 Å². The predicted octanol–water partition coefficient (Wildman–Crippen LogP) is 1.89. The summed E-state index contributed by atoms with van der Waals surface area (Å²) in [6, 6.07) is 7.08. The topological polar surface area (TPSA) is 47.7 Å². The first-order chi connectivity index (χ1) is 9.79. The van der Waals surface area contributed by atoms with E-state index in [1.807, 2.05) is 17.8 Å². The van der Waals surface area contributed by atoms with E-state index in [0.717, 1.165) is 11.5 Å². The number of ether oxygens (including phenoxy) is 2. The first-order valence-corrected chi connectivity index (χ1v) is 8.34. The largest absolute Gasteiger partial charge is 0.486 e. The lowest BCUT2D eigenvalue weighted by atomic mass is 10.0. The molecule has 2 N–H and O–H groups in total. The van der Waals surface area contributed by atoms with Crippen LogP contribution in [-0.4, -0.2) is 49.3 Å². The highest BCUT2D eigenvalue weighted by atomic mass is 32.2. The van der Waals surface area contributed by atoms with Crippen molar-refractivity contribution in [1.29, 1.82) is 0 Å². The van der Waals surface area contributed by atoms with Gasteiger partial charge in [0.15, 0.2) is 11.5 Å². The van der Waals surface area contributed by atoms with Crippen molar-refractivity contribution in [1.82, 2.24) is 4.90 Å². The first kappa shape index (κ1) is 14.0. The van der Waals surface area contributed by atoms with Crippen LogP contribution in [0.5, 0.6) is 11.5 Å². The fourth-order valence-electron chi connectivity index (χ4n) is 2.90. The van der Waals surface area contributed by atoms with E-state index in [1.54, 1.807) is 0 Å². The second kappa shape index (κ2) is 6.24. The molecule has 20 heavy (non-hydrogen) atoms. The third kappa shape index (κ3) is 2.75. The smallest absolute Gasteiger partial charge is 0.161 e. The third-order valence-electron chi connectivity index (χ3n) is 4.15. The zero-order chi connectivity index (χ0) is 13.9. The SMILES string of the molecule is CN(C1CCSC1)C(CN)c1ccc2c(c1)OCCO2. The molecule has 0 aromatic heterocycles. The van der Waals surface area contributed by atoms with Crippen molar-refractivity contribution < 1.29 is 9.47 Å². The van der Waals surface area contributed by atoms with E-state index in [-0.39, 0.29) is 6.04 Å². The van der Waals surface area contributed by atoms with Gasteiger partial charge in [0.05, 0.1) is 0 Å². The van der Waals surface area contributed by atoms with E-state index in [2.05, 4.69) is 24.1 Å². The van der Waals surface area contributed by atoms with Crippen molar-refractivity contribution in [3.05, 3.63) is 23.8 Å². The number of rotatable bonds is 4. The lowest BCUT2D eigenvalue weighted by molar-refractivity contribution is 0.168. The van der Waals surface area contributed by atoms with Gasteiger partial charge < -0.3 is 15.2 Å². The second-order valence-corrected chi connectivity index (χ2v) is 6.49. The van der Waals surface area contributed by atoms with Gasteiger partial charge in [-0.15, -0.1) is 0 Å². The molecule has 1 saturated heterocycles. The van der Waals surface area contributed by atoms with Crippen LogP contribution in [0, 0.1) is 0 Å². The molecule has 2 aliphatic rings. The summed E-state index contributed by atoms with van der Waals surface area (Å²) in [7, 11) is 2.19. The molecule has 1 aromatic carbocycles. The third-order valence-corrected chi connectivity index (χ3v) is 5.29. The maximum absolute atomic E-state index is 6.03. The summed E-state index contributed by atoms with van der Waals surface area (Å²) in [6.45, 7) is 1.88. The van der Waals surface area contributed by atoms with Crippen LogP contribution in [0.1, 0.15) is 18.0 Å². The van der Waals surface area contributed by atoms with Crippen molar-refractivity contribution in [2.24, 2.45) is 5.73 Å². The minimum Gasteiger partial charge on any atom is -0.486 e. The standard InChI is InChI=1S/C15H22N2O2S/c1-17(12-4-7-20-10-12)13(9-16)11-2-3-14-15(8-11)19-6-5-18-14/h2-3,8,12-13H,4-7,9-10,16H2,1H3. The van der Waals surface area contributed by atoms with Gasteiger partial charge in [-0.25, -0.2) is 0 Å². The van der Waals surface area contributed by atoms with Gasteiger partial charge in [-0.1, -0.05) is 6.07 Å². The van der Waals surface area contributed by atoms with Gasteiger partial charge in [0.2, 0.25) is 0 Å². The molecule has 0 amide bonds. The number of thioether (sulfide) groups is 1. The summed E-state index contributed by atoms with van der Waals surface area (Å²) in [4.78, 5) is 2.42. The molecule has 0 saturated carbocycles. The maximum atomic E-state index is 6.03. The summed E-state index contributed by atoms with van der Waals surface area (Å²) < 4.78 is 11.3. The Hall–Kier alpha value is -0.910. The van der Waals surface area contributed by atoms with Gasteiger partial charge >= 0.3 is 0 Å². The van der Waals surface area contributed by atoms with Gasteiger partial charge in [0.25, 0.3) is 0 Å². The molecular formula is C15H22N2O2S. The number of hydrogen-bond acceptors (Lipinski definition) is 5. The molecule has 0 aliphatic carbocycles. The quantitative estimate of drug-likeness (QED) is 0.919. The number of hydrogen-bond donors (Lipinski definition) is 1. The van der Waals surface area contributed by atoms with Crippen LogP contribution >= 0.6 is 11.8 Å². The van der Waals surface area contributed by atoms with Gasteiger partial charge in [0.1, 0.15) is 13.2 Å². The Morgan fingerprint density at radius 3 is 2.85 bits per heavy atom. The molecule has 1 aromatic rings. The normalized spacial score (nSPS) is 23.1. The van der Waals surface area contributed by atoms with Crippen LogP contribution in [0.4, 0.5) is 0 Å². The molecular weight excluding hydrogens is 272 g/mol. The Labute approximate surface area is 124 Å². The molecule has 0 bridgehead atoms. The van der Waals surface area contributed by atoms with Crippen LogP contribution in [0.2, 0.25) is 0 Å². The summed E-state index contributed by atoms with van der Waals surface area (Å²) in [5, 5.41) is 0. The lowest BCUT2D eigenvalue weighted by Crippen LogP contribution is -2.38. The van der Waals surface area contributed by atoms with Crippen LogP contribution in [0.15, 0.2) is 18.2 Å². The highest BCUT2D eigenvalue weighted by Crippen LogP contribution is 2.35. The van der Waals surface area contributed by atoms with Crippen LogP contribution < -0.4 is 15.2 Å². The zero-order valence-electron chi connectivity index (χ0n) is 11.9.